The van der Waals surface area contributed by atoms with Crippen LogP contribution in [-0.4, -0.2) is 71.4 Å². The topological polar surface area (TPSA) is 90.9 Å². The van der Waals surface area contributed by atoms with Gasteiger partial charge in [-0.2, -0.15) is 0 Å². The second-order valence-corrected chi connectivity index (χ2v) is 10.3. The highest BCUT2D eigenvalue weighted by Gasteiger charge is 2.20. The van der Waals surface area contributed by atoms with Crippen molar-refractivity contribution in [1.82, 2.24) is 15.5 Å². The van der Waals surface area contributed by atoms with Gasteiger partial charge in [0.15, 0.2) is 5.96 Å². The molecule has 28 heavy (non-hydrogen) atoms. The standard InChI is InChI=1S/C20H34N4O3S/c1-20(2,11-13-28(6,26)27)15-23-19(21-3)22-12-10-16-8-7-9-17(14-16)18(25)24(4)5/h7-9,14H,10-13,15H2,1-6H3,(H2,21,22,23). The smallest absolute Gasteiger partial charge is 0.253 e. The molecule has 1 aromatic carbocycles. The van der Waals surface area contributed by atoms with E-state index in [0.717, 1.165) is 12.0 Å². The number of benzene rings is 1. The highest BCUT2D eigenvalue weighted by Crippen LogP contribution is 2.19. The van der Waals surface area contributed by atoms with Crippen molar-refractivity contribution >= 4 is 21.7 Å². The van der Waals surface area contributed by atoms with E-state index in [-0.39, 0.29) is 17.1 Å². The molecule has 0 aliphatic carbocycles. The molecular weight excluding hydrogens is 376 g/mol. The van der Waals surface area contributed by atoms with Gasteiger partial charge in [-0.25, -0.2) is 8.42 Å². The Morgan fingerprint density at radius 1 is 1.21 bits per heavy atom. The van der Waals surface area contributed by atoms with Crippen LogP contribution in [0.15, 0.2) is 29.3 Å². The van der Waals surface area contributed by atoms with Crippen LogP contribution >= 0.6 is 0 Å². The van der Waals surface area contributed by atoms with Crippen LogP contribution in [0.4, 0.5) is 0 Å². The van der Waals surface area contributed by atoms with Crippen LogP contribution in [0.3, 0.4) is 0 Å². The van der Waals surface area contributed by atoms with Crippen molar-refractivity contribution < 1.29 is 13.2 Å². The Hall–Kier alpha value is -2.09. The number of aliphatic imine (C=N–C) groups is 1. The summed E-state index contributed by atoms with van der Waals surface area (Å²) in [6.45, 7) is 5.36. The maximum Gasteiger partial charge on any atom is 0.253 e. The molecule has 8 heteroatoms. The summed E-state index contributed by atoms with van der Waals surface area (Å²) in [4.78, 5) is 17.8. The maximum absolute atomic E-state index is 12.1. The lowest BCUT2D eigenvalue weighted by molar-refractivity contribution is 0.0827. The van der Waals surface area contributed by atoms with E-state index in [2.05, 4.69) is 15.6 Å². The first-order valence-corrected chi connectivity index (χ1v) is 11.4. The molecule has 0 unspecified atom stereocenters. The molecule has 0 bridgehead atoms. The zero-order valence-electron chi connectivity index (χ0n) is 17.9. The number of amides is 1. The Kier molecular flexibility index (Phi) is 8.94. The summed E-state index contributed by atoms with van der Waals surface area (Å²) in [6.07, 6.45) is 2.60. The van der Waals surface area contributed by atoms with Crippen molar-refractivity contribution in [1.29, 1.82) is 0 Å². The van der Waals surface area contributed by atoms with Gasteiger partial charge in [-0.15, -0.1) is 0 Å². The highest BCUT2D eigenvalue weighted by atomic mass is 32.2. The molecule has 0 aliphatic rings. The molecule has 7 nitrogen and oxygen atoms in total. The summed E-state index contributed by atoms with van der Waals surface area (Å²) in [6, 6.07) is 7.62. The fourth-order valence-electron chi connectivity index (χ4n) is 2.54. The van der Waals surface area contributed by atoms with Gasteiger partial charge in [-0.3, -0.25) is 9.79 Å². The quantitative estimate of drug-likeness (QED) is 0.476. The summed E-state index contributed by atoms with van der Waals surface area (Å²) in [5.41, 5.74) is 1.59. The van der Waals surface area contributed by atoms with E-state index in [4.69, 9.17) is 0 Å². The van der Waals surface area contributed by atoms with Gasteiger partial charge >= 0.3 is 0 Å². The van der Waals surface area contributed by atoms with E-state index in [0.29, 0.717) is 31.0 Å². The predicted molar refractivity (Wildman–Crippen MR) is 116 cm³/mol. The molecule has 1 rings (SSSR count). The van der Waals surface area contributed by atoms with Gasteiger partial charge < -0.3 is 15.5 Å². The molecule has 0 saturated heterocycles. The fourth-order valence-corrected chi connectivity index (χ4v) is 3.46. The van der Waals surface area contributed by atoms with Crippen LogP contribution in [0, 0.1) is 5.41 Å². The zero-order chi connectivity index (χ0) is 21.4. The number of hydrogen-bond donors (Lipinski definition) is 2. The summed E-state index contributed by atoms with van der Waals surface area (Å²) < 4.78 is 22.7. The highest BCUT2D eigenvalue weighted by molar-refractivity contribution is 7.90. The van der Waals surface area contributed by atoms with Crippen LogP contribution in [0.25, 0.3) is 0 Å². The molecule has 2 N–H and O–H groups in total. The molecule has 1 aromatic rings. The zero-order valence-corrected chi connectivity index (χ0v) is 18.7. The van der Waals surface area contributed by atoms with E-state index in [1.165, 1.54) is 6.26 Å². The minimum absolute atomic E-state index is 0.0105. The minimum Gasteiger partial charge on any atom is -0.356 e. The monoisotopic (exact) mass is 410 g/mol. The Morgan fingerprint density at radius 3 is 2.46 bits per heavy atom. The Balaban J connectivity index is 2.51. The molecule has 0 aliphatic heterocycles. The molecule has 1 amide bonds. The molecule has 0 atom stereocenters. The van der Waals surface area contributed by atoms with Crippen molar-refractivity contribution in [3.8, 4) is 0 Å². The van der Waals surface area contributed by atoms with Gasteiger partial charge in [0.25, 0.3) is 5.91 Å². The van der Waals surface area contributed by atoms with Gasteiger partial charge in [0.1, 0.15) is 9.84 Å². The van der Waals surface area contributed by atoms with E-state index < -0.39 is 9.84 Å². The lowest BCUT2D eigenvalue weighted by atomic mass is 9.90. The van der Waals surface area contributed by atoms with Crippen LogP contribution < -0.4 is 10.6 Å². The van der Waals surface area contributed by atoms with E-state index in [9.17, 15) is 13.2 Å². The molecule has 0 heterocycles. The predicted octanol–water partition coefficient (Wildman–Crippen LogP) is 1.56. The first-order chi connectivity index (χ1) is 12.9. The molecule has 0 aromatic heterocycles. The van der Waals surface area contributed by atoms with Crippen molar-refractivity contribution in [3.63, 3.8) is 0 Å². The number of guanidine groups is 1. The maximum atomic E-state index is 12.1. The van der Waals surface area contributed by atoms with E-state index in [1.54, 1.807) is 26.0 Å². The first kappa shape index (κ1) is 23.9. The average molecular weight is 411 g/mol. The second kappa shape index (κ2) is 10.5. The number of carbonyl (C=O) groups excluding carboxylic acids is 1. The molecule has 0 saturated carbocycles. The van der Waals surface area contributed by atoms with Crippen molar-refractivity contribution in [2.45, 2.75) is 26.7 Å². The summed E-state index contributed by atoms with van der Waals surface area (Å²) >= 11 is 0. The molecule has 0 radical (unpaired) electrons. The lowest BCUT2D eigenvalue weighted by Gasteiger charge is -2.25. The van der Waals surface area contributed by atoms with E-state index >= 15 is 0 Å². The number of sulfone groups is 1. The number of nitrogens with one attached hydrogen (secondary N) is 2. The SMILES string of the molecule is CN=C(NCCc1cccc(C(=O)N(C)C)c1)NCC(C)(C)CCS(C)(=O)=O. The third-order valence-electron chi connectivity index (χ3n) is 4.39. The van der Waals surface area contributed by atoms with Crippen molar-refractivity contribution in [2.75, 3.05) is 46.2 Å². The second-order valence-electron chi connectivity index (χ2n) is 8.05. The van der Waals surface area contributed by atoms with Crippen molar-refractivity contribution in [2.24, 2.45) is 10.4 Å². The van der Waals surface area contributed by atoms with Gasteiger partial charge in [0.05, 0.1) is 5.75 Å². The normalized spacial score (nSPS) is 12.6. The summed E-state index contributed by atoms with van der Waals surface area (Å²) in [5, 5.41) is 6.52. The molecule has 0 fully saturated rings. The number of carbonyl (C=O) groups is 1. The summed E-state index contributed by atoms with van der Waals surface area (Å²) in [5.74, 6) is 0.840. The average Bonchev–Trinajstić information content (AvgIpc) is 2.62. The first-order valence-electron chi connectivity index (χ1n) is 9.36. The van der Waals surface area contributed by atoms with Gasteiger partial charge in [0.2, 0.25) is 0 Å². The number of hydrogen-bond acceptors (Lipinski definition) is 4. The molecule has 0 spiro atoms. The van der Waals surface area contributed by atoms with Gasteiger partial charge in [-0.1, -0.05) is 26.0 Å². The van der Waals surface area contributed by atoms with Crippen LogP contribution in [0.1, 0.15) is 36.2 Å². The van der Waals surface area contributed by atoms with Crippen molar-refractivity contribution in [3.05, 3.63) is 35.4 Å². The number of nitrogens with zero attached hydrogens (tertiary/aromatic N) is 2. The molecule has 158 valence electrons. The van der Waals surface area contributed by atoms with E-state index in [1.807, 2.05) is 38.1 Å². The van der Waals surface area contributed by atoms with Crippen LogP contribution in [-0.2, 0) is 16.3 Å². The van der Waals surface area contributed by atoms with Crippen LogP contribution in [0.5, 0.6) is 0 Å². The summed E-state index contributed by atoms with van der Waals surface area (Å²) in [7, 11) is 2.22. The number of rotatable bonds is 9. The Labute approximate surface area is 169 Å². The lowest BCUT2D eigenvalue weighted by Crippen LogP contribution is -2.43. The molecular formula is C20H34N4O3S. The minimum atomic E-state index is -2.96. The van der Waals surface area contributed by atoms with Gasteiger partial charge in [-0.05, 0) is 36.0 Å². The third-order valence-corrected chi connectivity index (χ3v) is 5.34. The fraction of sp³-hybridized carbons (Fsp3) is 0.600. The van der Waals surface area contributed by atoms with Gasteiger partial charge in [0, 0.05) is 46.1 Å². The Morgan fingerprint density at radius 2 is 1.89 bits per heavy atom. The largest absolute Gasteiger partial charge is 0.356 e. The Bertz CT molecular complexity index is 786. The third kappa shape index (κ3) is 9.21. The van der Waals surface area contributed by atoms with Crippen LogP contribution in [0.2, 0.25) is 0 Å².